The minimum atomic E-state index is -3.70. The third-order valence-electron chi connectivity index (χ3n) is 3.69. The first-order chi connectivity index (χ1) is 12.0. The monoisotopic (exact) mass is 420 g/mol. The van der Waals surface area contributed by atoms with E-state index in [1.54, 1.807) is 30.5 Å². The van der Waals surface area contributed by atoms with Crippen LogP contribution in [0.2, 0.25) is 0 Å². The molecule has 1 heterocycles. The van der Waals surface area contributed by atoms with Gasteiger partial charge in [0.25, 0.3) is 0 Å². The van der Waals surface area contributed by atoms with Crippen molar-refractivity contribution in [3.63, 3.8) is 0 Å². The van der Waals surface area contributed by atoms with Gasteiger partial charge in [-0.05, 0) is 42.8 Å². The van der Waals surface area contributed by atoms with Crippen LogP contribution in [-0.2, 0) is 16.6 Å². The van der Waals surface area contributed by atoms with E-state index in [2.05, 4.69) is 25.6 Å². The second kappa shape index (κ2) is 7.51. The Kier molecular flexibility index (Phi) is 5.36. The highest BCUT2D eigenvalue weighted by molar-refractivity contribution is 9.10. The smallest absolute Gasteiger partial charge is 0.241 e. The molecule has 0 aliphatic rings. The highest BCUT2D eigenvalue weighted by Crippen LogP contribution is 2.29. The molecule has 3 aromatic rings. The maximum absolute atomic E-state index is 12.8. The van der Waals surface area contributed by atoms with Crippen LogP contribution in [0.15, 0.2) is 64.1 Å². The van der Waals surface area contributed by atoms with Gasteiger partial charge in [-0.2, -0.15) is 0 Å². The summed E-state index contributed by atoms with van der Waals surface area (Å²) in [5.41, 5.74) is 1.40. The average molecular weight is 421 g/mol. The van der Waals surface area contributed by atoms with Crippen molar-refractivity contribution in [2.75, 3.05) is 6.61 Å². The molecule has 0 bridgehead atoms. The average Bonchev–Trinajstić information content (AvgIpc) is 2.61. The van der Waals surface area contributed by atoms with Gasteiger partial charge in [-0.25, -0.2) is 13.1 Å². The number of hydrogen-bond acceptors (Lipinski definition) is 4. The summed E-state index contributed by atoms with van der Waals surface area (Å²) < 4.78 is 34.7. The van der Waals surface area contributed by atoms with Crippen molar-refractivity contribution in [1.29, 1.82) is 0 Å². The van der Waals surface area contributed by atoms with Gasteiger partial charge in [-0.1, -0.05) is 34.1 Å². The number of aromatic nitrogens is 1. The normalized spacial score (nSPS) is 11.6. The molecule has 2 aromatic carbocycles. The maximum Gasteiger partial charge on any atom is 0.241 e. The van der Waals surface area contributed by atoms with Gasteiger partial charge in [0.15, 0.2) is 0 Å². The number of pyridine rings is 1. The van der Waals surface area contributed by atoms with Crippen molar-refractivity contribution >= 4 is 36.9 Å². The number of sulfonamides is 1. The molecule has 1 N–H and O–H groups in total. The van der Waals surface area contributed by atoms with E-state index in [0.717, 1.165) is 10.0 Å². The molecule has 0 atom stereocenters. The number of nitrogens with zero attached hydrogens (tertiary/aromatic N) is 1. The van der Waals surface area contributed by atoms with Crippen molar-refractivity contribution in [2.24, 2.45) is 0 Å². The summed E-state index contributed by atoms with van der Waals surface area (Å²) in [7, 11) is -3.70. The van der Waals surface area contributed by atoms with Gasteiger partial charge < -0.3 is 4.74 Å². The number of ether oxygens (including phenoxy) is 1. The van der Waals surface area contributed by atoms with Gasteiger partial charge in [-0.15, -0.1) is 0 Å². The van der Waals surface area contributed by atoms with Crippen LogP contribution in [-0.4, -0.2) is 20.0 Å². The molecule has 0 aliphatic carbocycles. The van der Waals surface area contributed by atoms with E-state index < -0.39 is 10.0 Å². The summed E-state index contributed by atoms with van der Waals surface area (Å²) in [5.74, 6) is 0.572. The zero-order valence-electron chi connectivity index (χ0n) is 13.6. The van der Waals surface area contributed by atoms with Crippen molar-refractivity contribution in [3.05, 3.63) is 64.8 Å². The summed E-state index contributed by atoms with van der Waals surface area (Å²) in [5, 5.41) is 0.535. The molecule has 0 fully saturated rings. The summed E-state index contributed by atoms with van der Waals surface area (Å²) in [6, 6.07) is 14.1. The fourth-order valence-corrected chi connectivity index (χ4v) is 4.15. The zero-order valence-corrected chi connectivity index (χ0v) is 16.0. The summed E-state index contributed by atoms with van der Waals surface area (Å²) >= 11 is 3.43. The lowest BCUT2D eigenvalue weighted by molar-refractivity contribution is 0.343. The van der Waals surface area contributed by atoms with Crippen molar-refractivity contribution < 1.29 is 13.2 Å². The van der Waals surface area contributed by atoms with Gasteiger partial charge in [0.1, 0.15) is 11.3 Å². The lowest BCUT2D eigenvalue weighted by atomic mass is 10.2. The van der Waals surface area contributed by atoms with Crippen LogP contribution in [0, 0.1) is 0 Å². The van der Waals surface area contributed by atoms with Gasteiger partial charge >= 0.3 is 0 Å². The van der Waals surface area contributed by atoms with Crippen LogP contribution in [0.1, 0.15) is 12.5 Å². The van der Waals surface area contributed by atoms with Crippen LogP contribution >= 0.6 is 15.9 Å². The molecular formula is C18H17BrN2O3S. The van der Waals surface area contributed by atoms with Gasteiger partial charge in [-0.3, -0.25) is 4.98 Å². The minimum absolute atomic E-state index is 0.186. The first kappa shape index (κ1) is 17.8. The number of benzene rings is 2. The highest BCUT2D eigenvalue weighted by Gasteiger charge is 2.19. The molecular weight excluding hydrogens is 404 g/mol. The summed E-state index contributed by atoms with van der Waals surface area (Å²) in [4.78, 5) is 4.47. The molecule has 0 saturated heterocycles. The second-order valence-electron chi connectivity index (χ2n) is 5.31. The fourth-order valence-electron chi connectivity index (χ4n) is 2.52. The quantitative estimate of drug-likeness (QED) is 0.656. The standard InChI is InChI=1S/C18H17BrN2O3S/c1-2-24-16-9-10-17(14-7-5-11-20-18(14)16)25(22,23)21-12-13-6-3-4-8-15(13)19/h3-11,21H,2,12H2,1H3. The number of fused-ring (bicyclic) bond motifs is 1. The lowest BCUT2D eigenvalue weighted by Crippen LogP contribution is -2.23. The molecule has 25 heavy (non-hydrogen) atoms. The van der Waals surface area contributed by atoms with E-state index in [9.17, 15) is 8.42 Å². The van der Waals surface area contributed by atoms with Crippen LogP contribution in [0.25, 0.3) is 10.9 Å². The summed E-state index contributed by atoms with van der Waals surface area (Å²) in [6.07, 6.45) is 1.62. The Morgan fingerprint density at radius 1 is 1.12 bits per heavy atom. The molecule has 5 nitrogen and oxygen atoms in total. The van der Waals surface area contributed by atoms with E-state index in [4.69, 9.17) is 4.74 Å². The van der Waals surface area contributed by atoms with E-state index in [1.165, 1.54) is 0 Å². The Morgan fingerprint density at radius 2 is 1.92 bits per heavy atom. The van der Waals surface area contributed by atoms with E-state index in [1.807, 2.05) is 31.2 Å². The predicted molar refractivity (Wildman–Crippen MR) is 101 cm³/mol. The second-order valence-corrected chi connectivity index (χ2v) is 7.90. The van der Waals surface area contributed by atoms with Crippen LogP contribution in [0.5, 0.6) is 5.75 Å². The van der Waals surface area contributed by atoms with Gasteiger partial charge in [0.2, 0.25) is 10.0 Å². The fraction of sp³-hybridized carbons (Fsp3) is 0.167. The van der Waals surface area contributed by atoms with Gasteiger partial charge in [0.05, 0.1) is 11.5 Å². The third-order valence-corrected chi connectivity index (χ3v) is 5.93. The van der Waals surface area contributed by atoms with E-state index >= 15 is 0 Å². The zero-order chi connectivity index (χ0) is 17.9. The molecule has 130 valence electrons. The first-order valence-electron chi connectivity index (χ1n) is 7.76. The van der Waals surface area contributed by atoms with E-state index in [0.29, 0.717) is 23.3 Å². The Labute approximate surface area is 155 Å². The molecule has 0 amide bonds. The molecule has 1 aromatic heterocycles. The molecule has 0 spiro atoms. The Morgan fingerprint density at radius 3 is 2.68 bits per heavy atom. The first-order valence-corrected chi connectivity index (χ1v) is 10.0. The van der Waals surface area contributed by atoms with Crippen molar-refractivity contribution in [1.82, 2.24) is 9.71 Å². The lowest BCUT2D eigenvalue weighted by Gasteiger charge is -2.12. The molecule has 0 unspecified atom stereocenters. The number of hydrogen-bond donors (Lipinski definition) is 1. The third kappa shape index (κ3) is 3.84. The van der Waals surface area contributed by atoms with E-state index in [-0.39, 0.29) is 11.4 Å². The molecule has 0 saturated carbocycles. The Balaban J connectivity index is 1.97. The molecule has 7 heteroatoms. The SMILES string of the molecule is CCOc1ccc(S(=O)(=O)NCc2ccccc2Br)c2cccnc12. The van der Waals surface area contributed by atoms with Gasteiger partial charge in [0, 0.05) is 22.6 Å². The van der Waals surface area contributed by atoms with Crippen molar-refractivity contribution in [3.8, 4) is 5.75 Å². The maximum atomic E-state index is 12.8. The molecule has 0 aliphatic heterocycles. The van der Waals surface area contributed by atoms with Crippen LogP contribution in [0.3, 0.4) is 0 Å². The largest absolute Gasteiger partial charge is 0.492 e. The Hall–Kier alpha value is -1.96. The topological polar surface area (TPSA) is 68.3 Å². The van der Waals surface area contributed by atoms with Crippen LogP contribution < -0.4 is 9.46 Å². The van der Waals surface area contributed by atoms with Crippen LogP contribution in [0.4, 0.5) is 0 Å². The minimum Gasteiger partial charge on any atom is -0.492 e. The van der Waals surface area contributed by atoms with Crippen molar-refractivity contribution in [2.45, 2.75) is 18.4 Å². The number of halogens is 1. The number of rotatable bonds is 6. The molecule has 3 rings (SSSR count). The molecule has 0 radical (unpaired) electrons. The number of nitrogens with one attached hydrogen (secondary N) is 1. The summed E-state index contributed by atoms with van der Waals surface area (Å²) in [6.45, 7) is 2.55. The highest BCUT2D eigenvalue weighted by atomic mass is 79.9. The Bertz CT molecular complexity index is 1010. The predicted octanol–water partition coefficient (Wildman–Crippen LogP) is 3.87.